The van der Waals surface area contributed by atoms with Crippen molar-refractivity contribution in [2.75, 3.05) is 11.9 Å². The van der Waals surface area contributed by atoms with Crippen LogP contribution in [0.25, 0.3) is 0 Å². The van der Waals surface area contributed by atoms with E-state index in [4.69, 9.17) is 4.74 Å². The lowest BCUT2D eigenvalue weighted by atomic mass is 10.3. The van der Waals surface area contributed by atoms with Gasteiger partial charge in [-0.3, -0.25) is 4.79 Å². The van der Waals surface area contributed by atoms with Crippen molar-refractivity contribution in [2.24, 2.45) is 0 Å². The maximum absolute atomic E-state index is 10.9. The molecule has 1 rings (SSSR count). The van der Waals surface area contributed by atoms with Gasteiger partial charge in [0, 0.05) is 12.6 Å². The molecule has 0 unspecified atom stereocenters. The molecule has 1 aromatic rings. The molecule has 0 radical (unpaired) electrons. The number of anilines is 1. The second-order valence-electron chi connectivity index (χ2n) is 2.88. The van der Waals surface area contributed by atoms with E-state index in [1.807, 2.05) is 6.92 Å². The van der Waals surface area contributed by atoms with E-state index in [9.17, 15) is 4.79 Å². The third-order valence-corrected chi connectivity index (χ3v) is 2.79. The van der Waals surface area contributed by atoms with Crippen molar-refractivity contribution in [3.05, 3.63) is 21.1 Å². The molecule has 0 spiro atoms. The highest BCUT2D eigenvalue weighted by molar-refractivity contribution is 9.11. The summed E-state index contributed by atoms with van der Waals surface area (Å²) in [5.41, 5.74) is 0.727. The van der Waals surface area contributed by atoms with Crippen molar-refractivity contribution in [3.63, 3.8) is 0 Å². The first kappa shape index (κ1) is 12.5. The first-order valence-electron chi connectivity index (χ1n) is 4.44. The van der Waals surface area contributed by atoms with Crippen LogP contribution in [0.15, 0.2) is 21.1 Å². The highest BCUT2D eigenvalue weighted by Gasteiger charge is 2.08. The normalized spacial score (nSPS) is 9.87. The smallest absolute Gasteiger partial charge is 0.221 e. The van der Waals surface area contributed by atoms with Gasteiger partial charge in [-0.05, 0) is 50.9 Å². The summed E-state index contributed by atoms with van der Waals surface area (Å²) in [6, 6.07) is 3.61. The summed E-state index contributed by atoms with van der Waals surface area (Å²) in [5.74, 6) is 0.643. The number of halogens is 2. The number of benzene rings is 1. The largest absolute Gasteiger partial charge is 0.492 e. The van der Waals surface area contributed by atoms with Crippen LogP contribution < -0.4 is 10.1 Å². The standard InChI is InChI=1S/C10H11Br2NO2/c1-3-15-10-8(11)4-7(5-9(10)12)13-6(2)14/h4-5H,3H2,1-2H3,(H,13,14). The molecule has 0 fully saturated rings. The molecule has 5 heteroatoms. The molecule has 0 aliphatic heterocycles. The van der Waals surface area contributed by atoms with Crippen LogP contribution in [0.2, 0.25) is 0 Å². The number of hydrogen-bond acceptors (Lipinski definition) is 2. The zero-order valence-electron chi connectivity index (χ0n) is 8.43. The van der Waals surface area contributed by atoms with E-state index in [2.05, 4.69) is 37.2 Å². The molecular weight excluding hydrogens is 326 g/mol. The molecule has 0 atom stereocenters. The first-order chi connectivity index (χ1) is 7.04. The van der Waals surface area contributed by atoms with Gasteiger partial charge in [-0.2, -0.15) is 0 Å². The van der Waals surface area contributed by atoms with E-state index < -0.39 is 0 Å². The Balaban J connectivity index is 3.02. The Morgan fingerprint density at radius 1 is 1.40 bits per heavy atom. The lowest BCUT2D eigenvalue weighted by molar-refractivity contribution is -0.114. The Morgan fingerprint density at radius 2 is 1.93 bits per heavy atom. The lowest BCUT2D eigenvalue weighted by Gasteiger charge is -2.10. The molecule has 0 aliphatic rings. The van der Waals surface area contributed by atoms with E-state index in [1.165, 1.54) is 6.92 Å². The van der Waals surface area contributed by atoms with Crippen LogP contribution in [0.4, 0.5) is 5.69 Å². The Hall–Kier alpha value is -0.550. The fourth-order valence-corrected chi connectivity index (χ4v) is 2.53. The van der Waals surface area contributed by atoms with Gasteiger partial charge in [0.2, 0.25) is 5.91 Å². The second kappa shape index (κ2) is 5.51. The third-order valence-electron chi connectivity index (χ3n) is 1.61. The summed E-state index contributed by atoms with van der Waals surface area (Å²) in [5, 5.41) is 2.70. The summed E-state index contributed by atoms with van der Waals surface area (Å²) in [6.07, 6.45) is 0. The Kier molecular flexibility index (Phi) is 4.60. The molecule has 82 valence electrons. The Morgan fingerprint density at radius 3 is 2.33 bits per heavy atom. The molecule has 0 saturated carbocycles. The van der Waals surface area contributed by atoms with Gasteiger partial charge in [-0.25, -0.2) is 0 Å². The SMILES string of the molecule is CCOc1c(Br)cc(NC(C)=O)cc1Br. The molecule has 0 aliphatic carbocycles. The molecule has 0 saturated heterocycles. The van der Waals surface area contributed by atoms with Crippen molar-refractivity contribution in [2.45, 2.75) is 13.8 Å². The minimum absolute atomic E-state index is 0.0991. The molecule has 1 N–H and O–H groups in total. The van der Waals surface area contributed by atoms with Crippen LogP contribution in [0.1, 0.15) is 13.8 Å². The van der Waals surface area contributed by atoms with E-state index in [1.54, 1.807) is 12.1 Å². The third kappa shape index (κ3) is 3.50. The van der Waals surface area contributed by atoms with Crippen molar-refractivity contribution in [3.8, 4) is 5.75 Å². The zero-order chi connectivity index (χ0) is 11.4. The van der Waals surface area contributed by atoms with E-state index in [-0.39, 0.29) is 5.91 Å². The number of carbonyl (C=O) groups excluding carboxylic acids is 1. The van der Waals surface area contributed by atoms with Gasteiger partial charge >= 0.3 is 0 Å². The number of amides is 1. The van der Waals surface area contributed by atoms with Crippen LogP contribution >= 0.6 is 31.9 Å². The van der Waals surface area contributed by atoms with Crippen molar-refractivity contribution in [1.29, 1.82) is 0 Å². The number of ether oxygens (including phenoxy) is 1. The first-order valence-corrected chi connectivity index (χ1v) is 6.02. The van der Waals surface area contributed by atoms with Crippen molar-refractivity contribution in [1.82, 2.24) is 0 Å². The summed E-state index contributed by atoms with van der Waals surface area (Å²) in [4.78, 5) is 10.9. The summed E-state index contributed by atoms with van der Waals surface area (Å²) < 4.78 is 7.04. The van der Waals surface area contributed by atoms with E-state index >= 15 is 0 Å². The second-order valence-corrected chi connectivity index (χ2v) is 4.59. The number of rotatable bonds is 3. The molecule has 15 heavy (non-hydrogen) atoms. The number of hydrogen-bond donors (Lipinski definition) is 1. The maximum Gasteiger partial charge on any atom is 0.221 e. The number of nitrogens with one attached hydrogen (secondary N) is 1. The molecule has 0 heterocycles. The van der Waals surface area contributed by atoms with Gasteiger partial charge in [-0.1, -0.05) is 0 Å². The Labute approximate surface area is 105 Å². The molecule has 0 aromatic heterocycles. The van der Waals surface area contributed by atoms with Crippen LogP contribution in [0.5, 0.6) is 5.75 Å². The minimum atomic E-state index is -0.0991. The molecule has 1 amide bonds. The van der Waals surface area contributed by atoms with Gasteiger partial charge in [0.15, 0.2) is 0 Å². The fraction of sp³-hybridized carbons (Fsp3) is 0.300. The molecule has 3 nitrogen and oxygen atoms in total. The topological polar surface area (TPSA) is 38.3 Å². The van der Waals surface area contributed by atoms with Gasteiger partial charge in [-0.15, -0.1) is 0 Å². The highest BCUT2D eigenvalue weighted by atomic mass is 79.9. The summed E-state index contributed by atoms with van der Waals surface area (Å²) >= 11 is 6.77. The summed E-state index contributed by atoms with van der Waals surface area (Å²) in [7, 11) is 0. The minimum Gasteiger partial charge on any atom is -0.492 e. The van der Waals surface area contributed by atoms with Crippen LogP contribution in [0.3, 0.4) is 0 Å². The van der Waals surface area contributed by atoms with E-state index in [0.717, 1.165) is 20.4 Å². The maximum atomic E-state index is 10.9. The zero-order valence-corrected chi connectivity index (χ0v) is 11.6. The quantitative estimate of drug-likeness (QED) is 0.916. The van der Waals surface area contributed by atoms with Gasteiger partial charge in [0.25, 0.3) is 0 Å². The average molecular weight is 337 g/mol. The van der Waals surface area contributed by atoms with Gasteiger partial charge in [0.05, 0.1) is 15.6 Å². The molecular formula is C10H11Br2NO2. The predicted molar refractivity (Wildman–Crippen MR) is 67.3 cm³/mol. The van der Waals surface area contributed by atoms with Gasteiger partial charge in [0.1, 0.15) is 5.75 Å². The van der Waals surface area contributed by atoms with Crippen LogP contribution in [0, 0.1) is 0 Å². The monoisotopic (exact) mass is 335 g/mol. The lowest BCUT2D eigenvalue weighted by Crippen LogP contribution is -2.06. The molecule has 1 aromatic carbocycles. The number of carbonyl (C=O) groups is 1. The van der Waals surface area contributed by atoms with Crippen molar-refractivity contribution >= 4 is 43.5 Å². The average Bonchev–Trinajstić information content (AvgIpc) is 2.10. The summed E-state index contributed by atoms with van der Waals surface area (Å²) in [6.45, 7) is 3.98. The van der Waals surface area contributed by atoms with E-state index in [0.29, 0.717) is 6.61 Å². The molecule has 0 bridgehead atoms. The van der Waals surface area contributed by atoms with Gasteiger partial charge < -0.3 is 10.1 Å². The fourth-order valence-electron chi connectivity index (χ4n) is 1.12. The van der Waals surface area contributed by atoms with Crippen molar-refractivity contribution < 1.29 is 9.53 Å². The van der Waals surface area contributed by atoms with Crippen LogP contribution in [-0.2, 0) is 4.79 Å². The predicted octanol–water partition coefficient (Wildman–Crippen LogP) is 3.57. The van der Waals surface area contributed by atoms with Crippen LogP contribution in [-0.4, -0.2) is 12.5 Å². The Bertz CT molecular complexity index is 357. The highest BCUT2D eigenvalue weighted by Crippen LogP contribution is 2.36.